The first-order chi connectivity index (χ1) is 11.7. The summed E-state index contributed by atoms with van der Waals surface area (Å²) in [5.74, 6) is 0.413. The van der Waals surface area contributed by atoms with Crippen molar-refractivity contribution in [3.8, 4) is 0 Å². The quantitative estimate of drug-likeness (QED) is 0.786. The molecule has 0 amide bonds. The highest BCUT2D eigenvalue weighted by Gasteiger charge is 2.33. The van der Waals surface area contributed by atoms with Gasteiger partial charge in [-0.2, -0.15) is 13.2 Å². The van der Waals surface area contributed by atoms with Crippen molar-refractivity contribution in [1.82, 2.24) is 4.90 Å². The average Bonchev–Trinajstić information content (AvgIpc) is 2.61. The number of piperidine rings is 1. The molecule has 1 N–H and O–H groups in total. The third-order valence-corrected chi connectivity index (χ3v) is 5.97. The van der Waals surface area contributed by atoms with E-state index in [-0.39, 0.29) is 12.0 Å². The molecule has 2 nitrogen and oxygen atoms in total. The number of aliphatic hydroxyl groups is 1. The maximum atomic E-state index is 12.8. The van der Waals surface area contributed by atoms with Gasteiger partial charge in [-0.05, 0) is 74.7 Å². The number of likely N-dealkylation sites (tertiary alicyclic amines) is 1. The van der Waals surface area contributed by atoms with Crippen LogP contribution in [0.5, 0.6) is 0 Å². The zero-order valence-electron chi connectivity index (χ0n) is 15.4. The number of alkyl halides is 3. The van der Waals surface area contributed by atoms with Crippen LogP contribution in [-0.2, 0) is 11.6 Å². The van der Waals surface area contributed by atoms with Crippen LogP contribution >= 0.6 is 0 Å². The number of benzene rings is 1. The zero-order chi connectivity index (χ0) is 18.7. The second-order valence-corrected chi connectivity index (χ2v) is 7.70. The Morgan fingerprint density at radius 2 is 1.64 bits per heavy atom. The summed E-state index contributed by atoms with van der Waals surface area (Å²) in [7, 11) is 0. The summed E-state index contributed by atoms with van der Waals surface area (Å²) in [6.07, 6.45) is -0.451. The van der Waals surface area contributed by atoms with E-state index in [0.29, 0.717) is 12.0 Å². The van der Waals surface area contributed by atoms with Crippen LogP contribution in [0, 0.1) is 5.92 Å². The summed E-state index contributed by atoms with van der Waals surface area (Å²) < 4.78 is 38.4. The number of hydrogen-bond donors (Lipinski definition) is 1. The van der Waals surface area contributed by atoms with Crippen LogP contribution < -0.4 is 0 Å². The molecule has 0 bridgehead atoms. The normalized spacial score (nSPS) is 21.1. The van der Waals surface area contributed by atoms with Crippen LogP contribution in [-0.4, -0.2) is 35.7 Å². The molecule has 1 saturated heterocycles. The molecule has 1 aromatic rings. The van der Waals surface area contributed by atoms with Gasteiger partial charge in [-0.25, -0.2) is 0 Å². The van der Waals surface area contributed by atoms with Gasteiger partial charge in [0.05, 0.1) is 5.56 Å². The van der Waals surface area contributed by atoms with Gasteiger partial charge < -0.3 is 10.0 Å². The fourth-order valence-corrected chi connectivity index (χ4v) is 3.89. The Morgan fingerprint density at radius 3 is 2.08 bits per heavy atom. The second-order valence-electron chi connectivity index (χ2n) is 7.70. The Balaban J connectivity index is 2.06. The Bertz CT molecular complexity index is 535. The minimum Gasteiger partial charge on any atom is -0.396 e. The van der Waals surface area contributed by atoms with Crippen LogP contribution in [0.2, 0.25) is 0 Å². The summed E-state index contributed by atoms with van der Waals surface area (Å²) >= 11 is 0. The molecule has 1 aliphatic rings. The van der Waals surface area contributed by atoms with Gasteiger partial charge in [-0.3, -0.25) is 0 Å². The summed E-state index contributed by atoms with van der Waals surface area (Å²) in [6.45, 7) is 8.69. The molecule has 1 aliphatic heterocycles. The fraction of sp³-hybridized carbons (Fsp3) is 0.700. The Hall–Kier alpha value is -1.07. The molecule has 0 saturated carbocycles. The lowest BCUT2D eigenvalue weighted by atomic mass is 9.74. The summed E-state index contributed by atoms with van der Waals surface area (Å²) in [6, 6.07) is 6.03. The highest BCUT2D eigenvalue weighted by Crippen LogP contribution is 2.36. The maximum Gasteiger partial charge on any atom is 0.416 e. The highest BCUT2D eigenvalue weighted by molar-refractivity contribution is 5.30. The van der Waals surface area contributed by atoms with Gasteiger partial charge in [0.2, 0.25) is 0 Å². The van der Waals surface area contributed by atoms with E-state index in [1.807, 2.05) is 0 Å². The van der Waals surface area contributed by atoms with E-state index < -0.39 is 11.7 Å². The smallest absolute Gasteiger partial charge is 0.396 e. The van der Waals surface area contributed by atoms with Gasteiger partial charge in [0.15, 0.2) is 0 Å². The molecule has 2 rings (SSSR count). The number of halogens is 3. The van der Waals surface area contributed by atoms with Gasteiger partial charge >= 0.3 is 6.18 Å². The molecule has 1 fully saturated rings. The van der Waals surface area contributed by atoms with Crippen LogP contribution in [0.1, 0.15) is 57.6 Å². The first-order valence-electron chi connectivity index (χ1n) is 9.22. The third kappa shape index (κ3) is 4.98. The molecule has 1 heterocycles. The maximum absolute atomic E-state index is 12.8. The monoisotopic (exact) mass is 357 g/mol. The van der Waals surface area contributed by atoms with E-state index >= 15 is 0 Å². The molecular formula is C20H30F3NO. The standard InChI is InChI=1S/C20H30F3NO/c1-4-19(3,17-5-7-18(8-6-17)20(21,22)23)13-15(2)24-11-9-16(14-25)10-12-24/h5-8,15-16,25H,4,9-14H2,1-3H3. The first kappa shape index (κ1) is 20.2. The summed E-state index contributed by atoms with van der Waals surface area (Å²) in [4.78, 5) is 2.45. The van der Waals surface area contributed by atoms with Gasteiger partial charge in [0.1, 0.15) is 0 Å². The first-order valence-corrected chi connectivity index (χ1v) is 9.22. The molecule has 2 unspecified atom stereocenters. The molecule has 0 spiro atoms. The van der Waals surface area contributed by atoms with E-state index in [0.717, 1.165) is 44.3 Å². The van der Waals surface area contributed by atoms with Crippen molar-refractivity contribution >= 4 is 0 Å². The van der Waals surface area contributed by atoms with Crippen LogP contribution in [0.25, 0.3) is 0 Å². The number of rotatable bonds is 6. The lowest BCUT2D eigenvalue weighted by molar-refractivity contribution is -0.137. The molecule has 2 atom stereocenters. The Labute approximate surface area is 149 Å². The van der Waals surface area contributed by atoms with Crippen molar-refractivity contribution in [2.45, 2.75) is 64.1 Å². The van der Waals surface area contributed by atoms with E-state index in [1.165, 1.54) is 12.1 Å². The topological polar surface area (TPSA) is 23.5 Å². The highest BCUT2D eigenvalue weighted by atomic mass is 19.4. The van der Waals surface area contributed by atoms with Crippen LogP contribution in [0.3, 0.4) is 0 Å². The van der Waals surface area contributed by atoms with Crippen molar-refractivity contribution in [3.63, 3.8) is 0 Å². The van der Waals surface area contributed by atoms with Crippen molar-refractivity contribution < 1.29 is 18.3 Å². The molecular weight excluding hydrogens is 327 g/mol. The number of nitrogens with zero attached hydrogens (tertiary/aromatic N) is 1. The van der Waals surface area contributed by atoms with Gasteiger partial charge in [-0.15, -0.1) is 0 Å². The second kappa shape index (κ2) is 8.09. The molecule has 1 aromatic carbocycles. The number of hydrogen-bond acceptors (Lipinski definition) is 2. The lowest BCUT2D eigenvalue weighted by Crippen LogP contribution is -2.43. The Morgan fingerprint density at radius 1 is 1.12 bits per heavy atom. The number of aliphatic hydroxyl groups excluding tert-OH is 1. The van der Waals surface area contributed by atoms with E-state index in [9.17, 15) is 18.3 Å². The molecule has 0 radical (unpaired) electrons. The van der Waals surface area contributed by atoms with Gasteiger partial charge in [-0.1, -0.05) is 26.0 Å². The van der Waals surface area contributed by atoms with Crippen molar-refractivity contribution in [1.29, 1.82) is 0 Å². The zero-order valence-corrected chi connectivity index (χ0v) is 15.4. The van der Waals surface area contributed by atoms with Crippen LogP contribution in [0.15, 0.2) is 24.3 Å². The van der Waals surface area contributed by atoms with Crippen molar-refractivity contribution in [2.24, 2.45) is 5.92 Å². The molecule has 5 heteroatoms. The average molecular weight is 357 g/mol. The molecule has 25 heavy (non-hydrogen) atoms. The Kier molecular flexibility index (Phi) is 6.55. The predicted molar refractivity (Wildman–Crippen MR) is 94.5 cm³/mol. The third-order valence-electron chi connectivity index (χ3n) is 5.97. The SMILES string of the molecule is CCC(C)(CC(C)N1CCC(CO)CC1)c1ccc(C(F)(F)F)cc1. The lowest BCUT2D eigenvalue weighted by Gasteiger charge is -2.40. The van der Waals surface area contributed by atoms with Crippen molar-refractivity contribution in [3.05, 3.63) is 35.4 Å². The molecule has 0 aliphatic carbocycles. The summed E-state index contributed by atoms with van der Waals surface area (Å²) in [5.41, 5.74) is 0.242. The van der Waals surface area contributed by atoms with E-state index in [2.05, 4.69) is 25.7 Å². The molecule has 142 valence electrons. The van der Waals surface area contributed by atoms with Crippen molar-refractivity contribution in [2.75, 3.05) is 19.7 Å². The van der Waals surface area contributed by atoms with E-state index in [4.69, 9.17) is 0 Å². The predicted octanol–water partition coefficient (Wildman–Crippen LogP) is 4.86. The minimum absolute atomic E-state index is 0.141. The fourth-order valence-electron chi connectivity index (χ4n) is 3.89. The van der Waals surface area contributed by atoms with Crippen LogP contribution in [0.4, 0.5) is 13.2 Å². The minimum atomic E-state index is -4.29. The molecule has 0 aromatic heterocycles. The van der Waals surface area contributed by atoms with Gasteiger partial charge in [0.25, 0.3) is 0 Å². The van der Waals surface area contributed by atoms with Gasteiger partial charge in [0, 0.05) is 12.6 Å². The van der Waals surface area contributed by atoms with E-state index in [1.54, 1.807) is 12.1 Å². The largest absolute Gasteiger partial charge is 0.416 e. The summed E-state index contributed by atoms with van der Waals surface area (Å²) in [5, 5.41) is 9.27.